The Balaban J connectivity index is 2.27. The van der Waals surface area contributed by atoms with Gasteiger partial charge in [-0.05, 0) is 53.2 Å². The Morgan fingerprint density at radius 2 is 2.15 bits per heavy atom. The van der Waals surface area contributed by atoms with Gasteiger partial charge in [-0.25, -0.2) is 0 Å². The third kappa shape index (κ3) is 3.14. The van der Waals surface area contributed by atoms with Gasteiger partial charge < -0.3 is 20.2 Å². The molecule has 106 valence electrons. The van der Waals surface area contributed by atoms with Gasteiger partial charge in [-0.3, -0.25) is 4.79 Å². The number of halogens is 1. The molecular formula is C14H15BrN2O3. The second-order valence-electron chi connectivity index (χ2n) is 4.29. The Labute approximate surface area is 125 Å². The lowest BCUT2D eigenvalue weighted by Crippen LogP contribution is -2.12. The summed E-state index contributed by atoms with van der Waals surface area (Å²) in [7, 11) is 1.57. The molecule has 1 aromatic carbocycles. The topological polar surface area (TPSA) is 77.5 Å². The first-order chi connectivity index (χ1) is 9.51. The molecule has 5 nitrogen and oxygen atoms in total. The normalized spacial score (nSPS) is 11.9. The summed E-state index contributed by atoms with van der Waals surface area (Å²) in [4.78, 5) is 11.2. The number of hydrogen-bond acceptors (Lipinski definition) is 4. The van der Waals surface area contributed by atoms with Crippen LogP contribution in [0.5, 0.6) is 5.75 Å². The first-order valence-corrected chi connectivity index (χ1v) is 6.80. The minimum absolute atomic E-state index is 0.0849. The van der Waals surface area contributed by atoms with Crippen LogP contribution in [0.2, 0.25) is 0 Å². The molecule has 0 saturated carbocycles. The number of nitrogens with two attached hydrogens (primary N) is 1. The quantitative estimate of drug-likeness (QED) is 0.876. The molecule has 1 heterocycles. The zero-order valence-corrected chi connectivity index (χ0v) is 12.7. The van der Waals surface area contributed by atoms with E-state index in [1.165, 1.54) is 0 Å². The van der Waals surface area contributed by atoms with Crippen LogP contribution in [-0.2, 0) is 0 Å². The molecule has 0 saturated heterocycles. The van der Waals surface area contributed by atoms with E-state index in [9.17, 15) is 4.79 Å². The highest BCUT2D eigenvalue weighted by molar-refractivity contribution is 9.10. The standard InChI is InChI=1S/C14H15BrN2O3/c1-8(11-5-6-13(15)20-11)17-10-7-9(14(16)18)3-4-12(10)19-2/h3-8,17H,1-2H3,(H2,16,18). The van der Waals surface area contributed by atoms with E-state index in [1.54, 1.807) is 25.3 Å². The monoisotopic (exact) mass is 338 g/mol. The molecule has 0 fully saturated rings. The summed E-state index contributed by atoms with van der Waals surface area (Å²) in [5, 5.41) is 3.24. The fraction of sp³-hybridized carbons (Fsp3) is 0.214. The third-order valence-corrected chi connectivity index (χ3v) is 3.30. The number of carbonyl (C=O) groups excluding carboxylic acids is 1. The number of furan rings is 1. The largest absolute Gasteiger partial charge is 0.495 e. The molecule has 1 unspecified atom stereocenters. The van der Waals surface area contributed by atoms with Crippen LogP contribution < -0.4 is 15.8 Å². The van der Waals surface area contributed by atoms with Gasteiger partial charge in [0.15, 0.2) is 4.67 Å². The molecule has 1 atom stereocenters. The average molecular weight is 339 g/mol. The van der Waals surface area contributed by atoms with E-state index < -0.39 is 5.91 Å². The molecule has 0 bridgehead atoms. The van der Waals surface area contributed by atoms with E-state index in [-0.39, 0.29) is 6.04 Å². The van der Waals surface area contributed by atoms with Gasteiger partial charge in [0.2, 0.25) is 5.91 Å². The number of amides is 1. The van der Waals surface area contributed by atoms with Crippen LogP contribution in [0.1, 0.15) is 29.1 Å². The fourth-order valence-electron chi connectivity index (χ4n) is 1.84. The molecule has 0 aliphatic heterocycles. The van der Waals surface area contributed by atoms with Gasteiger partial charge in [-0.15, -0.1) is 0 Å². The molecule has 2 aromatic rings. The molecule has 20 heavy (non-hydrogen) atoms. The maximum atomic E-state index is 11.2. The van der Waals surface area contributed by atoms with Crippen molar-refractivity contribution >= 4 is 27.5 Å². The maximum absolute atomic E-state index is 11.2. The van der Waals surface area contributed by atoms with Gasteiger partial charge >= 0.3 is 0 Å². The summed E-state index contributed by atoms with van der Waals surface area (Å²) in [6.45, 7) is 1.95. The van der Waals surface area contributed by atoms with Crippen LogP contribution in [0.25, 0.3) is 0 Å². The number of primary amides is 1. The maximum Gasteiger partial charge on any atom is 0.248 e. The van der Waals surface area contributed by atoms with E-state index >= 15 is 0 Å². The number of ether oxygens (including phenoxy) is 1. The summed E-state index contributed by atoms with van der Waals surface area (Å²) in [6.07, 6.45) is 0. The molecular weight excluding hydrogens is 324 g/mol. The minimum Gasteiger partial charge on any atom is -0.495 e. The molecule has 2 rings (SSSR count). The minimum atomic E-state index is -0.482. The van der Waals surface area contributed by atoms with Crippen molar-refractivity contribution < 1.29 is 13.9 Å². The number of rotatable bonds is 5. The van der Waals surface area contributed by atoms with Crippen molar-refractivity contribution in [2.45, 2.75) is 13.0 Å². The Morgan fingerprint density at radius 3 is 2.70 bits per heavy atom. The predicted molar refractivity (Wildman–Crippen MR) is 80.0 cm³/mol. The smallest absolute Gasteiger partial charge is 0.248 e. The Kier molecular flexibility index (Phi) is 4.34. The van der Waals surface area contributed by atoms with E-state index in [2.05, 4.69) is 21.2 Å². The highest BCUT2D eigenvalue weighted by Gasteiger charge is 2.14. The average Bonchev–Trinajstić information content (AvgIpc) is 2.85. The molecule has 1 amide bonds. The molecule has 1 aromatic heterocycles. The first kappa shape index (κ1) is 14.5. The van der Waals surface area contributed by atoms with Crippen LogP contribution in [0.3, 0.4) is 0 Å². The van der Waals surface area contributed by atoms with Gasteiger partial charge in [0.05, 0.1) is 18.8 Å². The van der Waals surface area contributed by atoms with Crippen molar-refractivity contribution in [2.75, 3.05) is 12.4 Å². The number of nitrogens with one attached hydrogen (secondary N) is 1. The highest BCUT2D eigenvalue weighted by atomic mass is 79.9. The van der Waals surface area contributed by atoms with E-state index in [1.807, 2.05) is 19.1 Å². The molecule has 0 spiro atoms. The van der Waals surface area contributed by atoms with Crippen LogP contribution >= 0.6 is 15.9 Å². The summed E-state index contributed by atoms with van der Waals surface area (Å²) in [5.41, 5.74) is 6.39. The predicted octanol–water partition coefficient (Wildman–Crippen LogP) is 3.32. The van der Waals surface area contributed by atoms with Crippen molar-refractivity contribution in [2.24, 2.45) is 5.73 Å². The van der Waals surface area contributed by atoms with Gasteiger partial charge in [-0.2, -0.15) is 0 Å². The van der Waals surface area contributed by atoms with Crippen molar-refractivity contribution in [3.05, 3.63) is 46.3 Å². The van der Waals surface area contributed by atoms with Crippen molar-refractivity contribution in [1.29, 1.82) is 0 Å². The van der Waals surface area contributed by atoms with Gasteiger partial charge in [0, 0.05) is 5.56 Å². The summed E-state index contributed by atoms with van der Waals surface area (Å²) < 4.78 is 11.4. The highest BCUT2D eigenvalue weighted by Crippen LogP contribution is 2.30. The Bertz CT molecular complexity index is 625. The lowest BCUT2D eigenvalue weighted by molar-refractivity contribution is 0.100. The second-order valence-corrected chi connectivity index (χ2v) is 5.07. The van der Waals surface area contributed by atoms with Crippen LogP contribution in [0.4, 0.5) is 5.69 Å². The van der Waals surface area contributed by atoms with Crippen molar-refractivity contribution in [3.8, 4) is 5.75 Å². The Hall–Kier alpha value is -1.95. The van der Waals surface area contributed by atoms with Gasteiger partial charge in [-0.1, -0.05) is 0 Å². The fourth-order valence-corrected chi connectivity index (χ4v) is 2.16. The van der Waals surface area contributed by atoms with Crippen LogP contribution in [0, 0.1) is 0 Å². The number of hydrogen-bond donors (Lipinski definition) is 2. The SMILES string of the molecule is COc1ccc(C(N)=O)cc1NC(C)c1ccc(Br)o1. The first-order valence-electron chi connectivity index (χ1n) is 6.01. The van der Waals surface area contributed by atoms with Crippen LogP contribution in [-0.4, -0.2) is 13.0 Å². The number of benzene rings is 1. The molecule has 0 radical (unpaired) electrons. The summed E-state index contributed by atoms with van der Waals surface area (Å²) in [6, 6.07) is 8.60. The van der Waals surface area contributed by atoms with Gasteiger partial charge in [0.25, 0.3) is 0 Å². The lowest BCUT2D eigenvalue weighted by atomic mass is 10.1. The Morgan fingerprint density at radius 1 is 1.40 bits per heavy atom. The zero-order valence-electron chi connectivity index (χ0n) is 11.1. The lowest BCUT2D eigenvalue weighted by Gasteiger charge is -2.16. The van der Waals surface area contributed by atoms with Gasteiger partial charge in [0.1, 0.15) is 11.5 Å². The number of carbonyl (C=O) groups is 1. The number of anilines is 1. The van der Waals surface area contributed by atoms with Crippen molar-refractivity contribution in [3.63, 3.8) is 0 Å². The van der Waals surface area contributed by atoms with Crippen molar-refractivity contribution in [1.82, 2.24) is 0 Å². The summed E-state index contributed by atoms with van der Waals surface area (Å²) in [5.74, 6) is 0.917. The van der Waals surface area contributed by atoms with E-state index in [4.69, 9.17) is 14.9 Å². The molecule has 0 aliphatic rings. The second kappa shape index (κ2) is 6.00. The summed E-state index contributed by atoms with van der Waals surface area (Å²) >= 11 is 3.26. The third-order valence-electron chi connectivity index (χ3n) is 2.88. The van der Waals surface area contributed by atoms with E-state index in [0.717, 1.165) is 5.76 Å². The molecule has 0 aliphatic carbocycles. The van der Waals surface area contributed by atoms with Crippen LogP contribution in [0.15, 0.2) is 39.4 Å². The number of methoxy groups -OCH3 is 1. The molecule has 3 N–H and O–H groups in total. The zero-order chi connectivity index (χ0) is 14.7. The molecule has 6 heteroatoms. The van der Waals surface area contributed by atoms with E-state index in [0.29, 0.717) is 21.7 Å².